The van der Waals surface area contributed by atoms with Crippen LogP contribution in [0.3, 0.4) is 0 Å². The Labute approximate surface area is 55.8 Å². The topological polar surface area (TPSA) is 40.5 Å². The first kappa shape index (κ1) is 8.50. The molecule has 0 aliphatic rings. The third kappa shape index (κ3) is 5.37. The predicted molar refractivity (Wildman–Crippen MR) is 37.3 cm³/mol. The van der Waals surface area contributed by atoms with Crippen molar-refractivity contribution in [3.05, 3.63) is 11.8 Å². The highest BCUT2D eigenvalue weighted by Crippen LogP contribution is 2.00. The van der Waals surface area contributed by atoms with Crippen LogP contribution in [0.4, 0.5) is 0 Å². The van der Waals surface area contributed by atoms with Crippen LogP contribution in [-0.2, 0) is 0 Å². The first-order chi connectivity index (χ1) is 4.31. The lowest BCUT2D eigenvalue weighted by atomic mass is 10.2. The van der Waals surface area contributed by atoms with Crippen molar-refractivity contribution >= 4 is 0 Å². The second kappa shape index (κ2) is 5.63. The molecule has 0 atom stereocenters. The molecule has 0 aromatic heterocycles. The minimum absolute atomic E-state index is 0.154. The molecule has 2 nitrogen and oxygen atoms in total. The summed E-state index contributed by atoms with van der Waals surface area (Å²) in [7, 11) is 0. The summed E-state index contributed by atoms with van der Waals surface area (Å²) in [6, 6.07) is 0. The van der Waals surface area contributed by atoms with Gasteiger partial charge in [-0.1, -0.05) is 6.92 Å². The van der Waals surface area contributed by atoms with E-state index in [1.807, 2.05) is 6.92 Å². The maximum absolute atomic E-state index is 8.93. The fourth-order valence-electron chi connectivity index (χ4n) is 0.598. The lowest BCUT2D eigenvalue weighted by Crippen LogP contribution is -1.85. The molecule has 0 fully saturated rings. The smallest absolute Gasteiger partial charge is 0.0883 e. The molecule has 0 rings (SSSR count). The van der Waals surface area contributed by atoms with E-state index >= 15 is 0 Å². The maximum atomic E-state index is 8.93. The molecule has 0 saturated heterocycles. The van der Waals surface area contributed by atoms with Crippen LogP contribution < -0.4 is 0 Å². The van der Waals surface area contributed by atoms with Crippen LogP contribution in [0.1, 0.15) is 26.2 Å². The fraction of sp³-hybridized carbons (Fsp3) is 0.714. The van der Waals surface area contributed by atoms with Gasteiger partial charge in [0.05, 0.1) is 5.76 Å². The number of aliphatic hydroxyl groups is 2. The molecule has 0 saturated carbocycles. The van der Waals surface area contributed by atoms with Crippen molar-refractivity contribution in [2.45, 2.75) is 26.2 Å². The molecule has 0 aliphatic heterocycles. The lowest BCUT2D eigenvalue weighted by molar-refractivity contribution is 0.275. The van der Waals surface area contributed by atoms with E-state index < -0.39 is 0 Å². The van der Waals surface area contributed by atoms with Crippen molar-refractivity contribution in [3.63, 3.8) is 0 Å². The Hall–Kier alpha value is -0.500. The number of allylic oxidation sites excluding steroid dienone is 2. The summed E-state index contributed by atoms with van der Waals surface area (Å²) < 4.78 is 0. The number of rotatable bonds is 4. The summed E-state index contributed by atoms with van der Waals surface area (Å²) in [5.41, 5.74) is 0. The molecule has 2 heteroatoms. The highest BCUT2D eigenvalue weighted by molar-refractivity contribution is 4.89. The van der Waals surface area contributed by atoms with Gasteiger partial charge in [-0.15, -0.1) is 0 Å². The van der Waals surface area contributed by atoms with Crippen LogP contribution >= 0.6 is 0 Å². The summed E-state index contributed by atoms with van der Waals surface area (Å²) in [5, 5.41) is 17.3. The van der Waals surface area contributed by atoms with Gasteiger partial charge >= 0.3 is 0 Å². The highest BCUT2D eigenvalue weighted by Gasteiger charge is 1.89. The molecule has 9 heavy (non-hydrogen) atoms. The molecule has 0 aliphatic carbocycles. The third-order valence-electron chi connectivity index (χ3n) is 1.03. The SMILES string of the molecule is CCC=C(O)CCCO. The van der Waals surface area contributed by atoms with Crippen LogP contribution in [0, 0.1) is 0 Å². The first-order valence-electron chi connectivity index (χ1n) is 3.30. The van der Waals surface area contributed by atoms with E-state index in [2.05, 4.69) is 0 Å². The quantitative estimate of drug-likeness (QED) is 0.567. The molecule has 0 heterocycles. The molecule has 0 bridgehead atoms. The van der Waals surface area contributed by atoms with Crippen molar-refractivity contribution in [3.8, 4) is 0 Å². The van der Waals surface area contributed by atoms with E-state index in [0.717, 1.165) is 6.42 Å². The van der Waals surface area contributed by atoms with Crippen LogP contribution in [-0.4, -0.2) is 16.8 Å². The predicted octanol–water partition coefficient (Wildman–Crippen LogP) is 1.61. The van der Waals surface area contributed by atoms with Gasteiger partial charge in [0, 0.05) is 13.0 Å². The van der Waals surface area contributed by atoms with Crippen molar-refractivity contribution in [2.75, 3.05) is 6.61 Å². The Morgan fingerprint density at radius 3 is 2.67 bits per heavy atom. The average molecular weight is 130 g/mol. The van der Waals surface area contributed by atoms with Crippen molar-refractivity contribution in [1.29, 1.82) is 0 Å². The Morgan fingerprint density at radius 1 is 1.56 bits per heavy atom. The highest BCUT2D eigenvalue weighted by atomic mass is 16.3. The van der Waals surface area contributed by atoms with E-state index in [-0.39, 0.29) is 6.61 Å². The monoisotopic (exact) mass is 130 g/mol. The maximum Gasteiger partial charge on any atom is 0.0883 e. The normalized spacial score (nSPS) is 12.0. The van der Waals surface area contributed by atoms with Crippen LogP contribution in [0.15, 0.2) is 11.8 Å². The van der Waals surface area contributed by atoms with Crippen molar-refractivity contribution in [2.24, 2.45) is 0 Å². The van der Waals surface area contributed by atoms with Gasteiger partial charge in [0.1, 0.15) is 0 Å². The molecule has 0 unspecified atom stereocenters. The number of hydrogen-bond acceptors (Lipinski definition) is 2. The second-order valence-corrected chi connectivity index (χ2v) is 1.93. The van der Waals surface area contributed by atoms with E-state index in [9.17, 15) is 0 Å². The Balaban J connectivity index is 3.25. The minimum Gasteiger partial charge on any atom is -0.513 e. The minimum atomic E-state index is 0.154. The van der Waals surface area contributed by atoms with Gasteiger partial charge in [-0.2, -0.15) is 0 Å². The zero-order valence-corrected chi connectivity index (χ0v) is 5.80. The average Bonchev–Trinajstić information content (AvgIpc) is 1.85. The standard InChI is InChI=1S/C7H14O2/c1-2-4-7(9)5-3-6-8/h4,8-9H,2-3,5-6H2,1H3. The molecule has 0 spiro atoms. The summed E-state index contributed by atoms with van der Waals surface area (Å²) in [6.07, 6.45) is 3.87. The fourth-order valence-corrected chi connectivity index (χ4v) is 0.598. The van der Waals surface area contributed by atoms with Gasteiger partial charge in [0.15, 0.2) is 0 Å². The van der Waals surface area contributed by atoms with Crippen molar-refractivity contribution < 1.29 is 10.2 Å². The summed E-state index contributed by atoms with van der Waals surface area (Å²) >= 11 is 0. The third-order valence-corrected chi connectivity index (χ3v) is 1.03. The largest absolute Gasteiger partial charge is 0.513 e. The lowest BCUT2D eigenvalue weighted by Gasteiger charge is -1.94. The summed E-state index contributed by atoms with van der Waals surface area (Å²) in [6.45, 7) is 2.12. The molecule has 0 aromatic rings. The molecule has 0 aromatic carbocycles. The number of hydrogen-bond donors (Lipinski definition) is 2. The number of aliphatic hydroxyl groups excluding tert-OH is 2. The van der Waals surface area contributed by atoms with Crippen LogP contribution in [0.25, 0.3) is 0 Å². The van der Waals surface area contributed by atoms with E-state index in [1.54, 1.807) is 6.08 Å². The molecule has 0 amide bonds. The molecular weight excluding hydrogens is 116 g/mol. The Bertz CT molecular complexity index is 86.9. The van der Waals surface area contributed by atoms with Crippen LogP contribution in [0.2, 0.25) is 0 Å². The van der Waals surface area contributed by atoms with Gasteiger partial charge in [0.2, 0.25) is 0 Å². The molecule has 2 N–H and O–H groups in total. The molecule has 0 radical (unpaired) electrons. The van der Waals surface area contributed by atoms with Gasteiger partial charge in [-0.3, -0.25) is 0 Å². The summed E-state index contributed by atoms with van der Waals surface area (Å²) in [5.74, 6) is 0.395. The zero-order chi connectivity index (χ0) is 7.11. The summed E-state index contributed by atoms with van der Waals surface area (Å²) in [4.78, 5) is 0. The zero-order valence-electron chi connectivity index (χ0n) is 5.80. The Kier molecular flexibility index (Phi) is 5.32. The van der Waals surface area contributed by atoms with E-state index in [0.29, 0.717) is 18.6 Å². The van der Waals surface area contributed by atoms with Crippen molar-refractivity contribution in [1.82, 2.24) is 0 Å². The van der Waals surface area contributed by atoms with Gasteiger partial charge in [-0.05, 0) is 18.9 Å². The van der Waals surface area contributed by atoms with Crippen LogP contribution in [0.5, 0.6) is 0 Å². The Morgan fingerprint density at radius 2 is 2.22 bits per heavy atom. The van der Waals surface area contributed by atoms with Gasteiger partial charge in [0.25, 0.3) is 0 Å². The molecular formula is C7H14O2. The molecule has 54 valence electrons. The van der Waals surface area contributed by atoms with Gasteiger partial charge in [-0.25, -0.2) is 0 Å². The second-order valence-electron chi connectivity index (χ2n) is 1.93. The van der Waals surface area contributed by atoms with E-state index in [4.69, 9.17) is 10.2 Å². The van der Waals surface area contributed by atoms with Gasteiger partial charge < -0.3 is 10.2 Å². The first-order valence-corrected chi connectivity index (χ1v) is 3.30. The van der Waals surface area contributed by atoms with E-state index in [1.165, 1.54) is 0 Å².